The average Bonchev–Trinajstić information content (AvgIpc) is 2.55. The van der Waals surface area contributed by atoms with Crippen molar-refractivity contribution in [2.75, 3.05) is 14.2 Å². The number of hydrogen-bond acceptors (Lipinski definition) is 2. The monoisotopic (exact) mass is 275 g/mol. The zero-order chi connectivity index (χ0) is 15.8. The minimum atomic E-state index is 0.867. The first-order valence-corrected chi connectivity index (χ1v) is 7.11. The molecule has 0 saturated heterocycles. The van der Waals surface area contributed by atoms with Gasteiger partial charge < -0.3 is 10.1 Å². The number of benzene rings is 1. The Morgan fingerprint density at radius 2 is 1.60 bits per heavy atom. The van der Waals surface area contributed by atoms with Crippen LogP contribution in [0.15, 0.2) is 54.8 Å². The summed E-state index contributed by atoms with van der Waals surface area (Å²) in [6.07, 6.45) is 7.75. The van der Waals surface area contributed by atoms with Crippen molar-refractivity contribution in [1.29, 1.82) is 0 Å². The van der Waals surface area contributed by atoms with Crippen LogP contribution in [0.3, 0.4) is 0 Å². The third-order valence-corrected chi connectivity index (χ3v) is 2.07. The highest BCUT2D eigenvalue weighted by Gasteiger charge is 1.89. The molecule has 0 aliphatic carbocycles. The van der Waals surface area contributed by atoms with Crippen LogP contribution in [0.4, 0.5) is 0 Å². The van der Waals surface area contributed by atoms with E-state index in [1.54, 1.807) is 7.11 Å². The van der Waals surface area contributed by atoms with E-state index in [4.69, 9.17) is 4.74 Å². The van der Waals surface area contributed by atoms with Gasteiger partial charge in [0.25, 0.3) is 0 Å². The predicted molar refractivity (Wildman–Crippen MR) is 92.1 cm³/mol. The maximum atomic E-state index is 5.09. The number of allylic oxidation sites excluding steroid dienone is 3. The number of rotatable bonds is 5. The molecule has 1 aromatic rings. The molecule has 0 aromatic heterocycles. The normalized spacial score (nSPS) is 9.30. The van der Waals surface area contributed by atoms with E-state index in [1.165, 1.54) is 0 Å². The van der Waals surface area contributed by atoms with Gasteiger partial charge in [0.15, 0.2) is 0 Å². The first kappa shape index (κ1) is 20.4. The first-order valence-electron chi connectivity index (χ1n) is 7.11. The van der Waals surface area contributed by atoms with E-state index in [0.29, 0.717) is 0 Å². The molecular weight excluding hydrogens is 246 g/mol. The Morgan fingerprint density at radius 3 is 2.05 bits per heavy atom. The highest BCUT2D eigenvalue weighted by molar-refractivity contribution is 5.55. The van der Waals surface area contributed by atoms with Crippen molar-refractivity contribution in [2.45, 2.75) is 27.7 Å². The molecule has 0 aliphatic heterocycles. The molecule has 2 heteroatoms. The second-order valence-corrected chi connectivity index (χ2v) is 3.30. The molecule has 2 nitrogen and oxygen atoms in total. The zero-order valence-corrected chi connectivity index (χ0v) is 13.7. The van der Waals surface area contributed by atoms with Crippen molar-refractivity contribution >= 4 is 6.08 Å². The van der Waals surface area contributed by atoms with E-state index in [1.807, 2.05) is 83.4 Å². The molecule has 0 atom stereocenters. The van der Waals surface area contributed by atoms with Crippen molar-refractivity contribution in [3.8, 4) is 5.75 Å². The summed E-state index contributed by atoms with van der Waals surface area (Å²) in [6.45, 7) is 11.9. The van der Waals surface area contributed by atoms with E-state index >= 15 is 0 Å². The Labute approximate surface area is 124 Å². The molecule has 0 heterocycles. The zero-order valence-electron chi connectivity index (χ0n) is 13.7. The van der Waals surface area contributed by atoms with E-state index in [-0.39, 0.29) is 0 Å². The maximum Gasteiger partial charge on any atom is 0.118 e. The summed E-state index contributed by atoms with van der Waals surface area (Å²) in [4.78, 5) is 0. The van der Waals surface area contributed by atoms with Crippen LogP contribution in [0.25, 0.3) is 6.08 Å². The Kier molecular flexibility index (Phi) is 15.4. The minimum Gasteiger partial charge on any atom is -0.497 e. The Balaban J connectivity index is 0. The lowest BCUT2D eigenvalue weighted by molar-refractivity contribution is 0.415. The van der Waals surface area contributed by atoms with Gasteiger partial charge in [-0.3, -0.25) is 0 Å². The van der Waals surface area contributed by atoms with Gasteiger partial charge in [-0.1, -0.05) is 58.6 Å². The van der Waals surface area contributed by atoms with Crippen molar-refractivity contribution in [2.24, 2.45) is 0 Å². The van der Waals surface area contributed by atoms with Crippen LogP contribution < -0.4 is 10.1 Å². The molecule has 0 saturated carbocycles. The number of nitrogens with one attached hydrogen (secondary N) is 1. The van der Waals surface area contributed by atoms with Gasteiger partial charge >= 0.3 is 0 Å². The number of hydrogen-bond donors (Lipinski definition) is 1. The molecule has 0 bridgehead atoms. The standard InChI is InChI=1S/C14H17NO.2C2H6/c1-12(10-11-15-2)4-5-13-6-8-14(16-3)9-7-13;2*1-2/h4-11,15H,1H2,2-3H3;2*1-2H3/b5-4+,11-10-;;. The topological polar surface area (TPSA) is 21.3 Å². The molecule has 0 fully saturated rings. The molecule has 0 amide bonds. The van der Waals surface area contributed by atoms with Gasteiger partial charge in [0.05, 0.1) is 7.11 Å². The summed E-state index contributed by atoms with van der Waals surface area (Å²) in [5.41, 5.74) is 2.07. The molecule has 0 unspecified atom stereocenters. The minimum absolute atomic E-state index is 0.867. The Morgan fingerprint density at radius 1 is 1.05 bits per heavy atom. The molecule has 112 valence electrons. The van der Waals surface area contributed by atoms with Crippen LogP contribution in [-0.2, 0) is 0 Å². The highest BCUT2D eigenvalue weighted by atomic mass is 16.5. The van der Waals surface area contributed by atoms with E-state index in [0.717, 1.165) is 16.9 Å². The fourth-order valence-corrected chi connectivity index (χ4v) is 1.16. The fraction of sp³-hybridized carbons (Fsp3) is 0.333. The van der Waals surface area contributed by atoms with Crippen molar-refractivity contribution in [3.05, 3.63) is 60.3 Å². The quantitative estimate of drug-likeness (QED) is 0.759. The molecule has 1 aromatic carbocycles. The van der Waals surface area contributed by atoms with Crippen LogP contribution in [-0.4, -0.2) is 14.2 Å². The summed E-state index contributed by atoms with van der Waals surface area (Å²) in [7, 11) is 3.52. The third-order valence-electron chi connectivity index (χ3n) is 2.07. The van der Waals surface area contributed by atoms with Crippen LogP contribution in [0, 0.1) is 0 Å². The van der Waals surface area contributed by atoms with Gasteiger partial charge in [0.2, 0.25) is 0 Å². The molecule has 0 aliphatic rings. The molecule has 0 spiro atoms. The second kappa shape index (κ2) is 15.1. The van der Waals surface area contributed by atoms with Crippen molar-refractivity contribution in [3.63, 3.8) is 0 Å². The summed E-state index contributed by atoms with van der Waals surface area (Å²) in [5, 5.41) is 2.92. The van der Waals surface area contributed by atoms with Crippen LogP contribution in [0.1, 0.15) is 33.3 Å². The van der Waals surface area contributed by atoms with Crippen LogP contribution in [0.5, 0.6) is 5.75 Å². The molecule has 20 heavy (non-hydrogen) atoms. The summed E-state index contributed by atoms with van der Waals surface area (Å²) in [6, 6.07) is 7.88. The lowest BCUT2D eigenvalue weighted by Gasteiger charge is -1.99. The van der Waals surface area contributed by atoms with E-state index < -0.39 is 0 Å². The SMILES string of the molecule is C=C(/C=C\NC)/C=C/c1ccc(OC)cc1.CC.CC. The lowest BCUT2D eigenvalue weighted by Crippen LogP contribution is -1.90. The largest absolute Gasteiger partial charge is 0.497 e. The van der Waals surface area contributed by atoms with Crippen LogP contribution >= 0.6 is 0 Å². The fourth-order valence-electron chi connectivity index (χ4n) is 1.16. The van der Waals surface area contributed by atoms with Gasteiger partial charge in [-0.25, -0.2) is 0 Å². The van der Waals surface area contributed by atoms with Gasteiger partial charge in [-0.15, -0.1) is 0 Å². The summed E-state index contributed by atoms with van der Waals surface area (Å²) >= 11 is 0. The third kappa shape index (κ3) is 10.0. The number of methoxy groups -OCH3 is 1. The Bertz CT molecular complexity index is 388. The van der Waals surface area contributed by atoms with Gasteiger partial charge in [-0.05, 0) is 35.5 Å². The molecule has 1 N–H and O–H groups in total. The smallest absolute Gasteiger partial charge is 0.118 e. The maximum absolute atomic E-state index is 5.09. The molecule has 1 rings (SSSR count). The van der Waals surface area contributed by atoms with Crippen molar-refractivity contribution < 1.29 is 4.74 Å². The molecular formula is C18H29NO. The summed E-state index contributed by atoms with van der Waals surface area (Å²) in [5.74, 6) is 0.867. The number of ether oxygens (including phenoxy) is 1. The molecule has 0 radical (unpaired) electrons. The second-order valence-electron chi connectivity index (χ2n) is 3.30. The lowest BCUT2D eigenvalue weighted by atomic mass is 10.1. The van der Waals surface area contributed by atoms with Gasteiger partial charge in [0, 0.05) is 7.05 Å². The van der Waals surface area contributed by atoms with Crippen molar-refractivity contribution in [1.82, 2.24) is 5.32 Å². The van der Waals surface area contributed by atoms with Gasteiger partial charge in [0.1, 0.15) is 5.75 Å². The Hall–Kier alpha value is -1.96. The van der Waals surface area contributed by atoms with E-state index in [9.17, 15) is 0 Å². The first-order chi connectivity index (χ1) is 9.76. The predicted octanol–water partition coefficient (Wildman–Crippen LogP) is 5.05. The highest BCUT2D eigenvalue weighted by Crippen LogP contribution is 2.12. The average molecular weight is 275 g/mol. The summed E-state index contributed by atoms with van der Waals surface area (Å²) < 4.78 is 5.09. The van der Waals surface area contributed by atoms with E-state index in [2.05, 4.69) is 11.9 Å². The van der Waals surface area contributed by atoms with Crippen LogP contribution in [0.2, 0.25) is 0 Å². The van der Waals surface area contributed by atoms with Gasteiger partial charge in [-0.2, -0.15) is 0 Å².